The van der Waals surface area contributed by atoms with E-state index in [2.05, 4.69) is 0 Å². The van der Waals surface area contributed by atoms with E-state index in [1.165, 1.54) is 0 Å². The number of hydrogen-bond acceptors (Lipinski definition) is 4. The van der Waals surface area contributed by atoms with Gasteiger partial charge in [-0.25, -0.2) is 4.79 Å². The first-order chi connectivity index (χ1) is 8.70. The molecule has 0 unspecified atom stereocenters. The van der Waals surface area contributed by atoms with Gasteiger partial charge in [0, 0.05) is 18.9 Å². The summed E-state index contributed by atoms with van der Waals surface area (Å²) in [4.78, 5) is 11.7. The van der Waals surface area contributed by atoms with Gasteiger partial charge < -0.3 is 15.2 Å². The number of anilines is 1. The third-order valence-corrected chi connectivity index (χ3v) is 3.18. The Morgan fingerprint density at radius 1 is 1.39 bits per heavy atom. The Bertz CT molecular complexity index is 425. The van der Waals surface area contributed by atoms with Crippen molar-refractivity contribution in [3.05, 3.63) is 29.3 Å². The lowest BCUT2D eigenvalue weighted by molar-refractivity contribution is 0.0526. The molecule has 2 rings (SSSR count). The molecule has 1 aliphatic heterocycles. The molecule has 0 saturated carbocycles. The molecule has 1 heterocycles. The number of carbonyl (C=O) groups excluding carboxylic acids is 1. The fourth-order valence-electron chi connectivity index (χ4n) is 2.28. The van der Waals surface area contributed by atoms with Crippen LogP contribution in [0.15, 0.2) is 18.2 Å². The molecule has 0 bridgehead atoms. The number of nitrogens with two attached hydrogens (primary N) is 1. The highest BCUT2D eigenvalue weighted by Gasteiger charge is 2.18. The van der Waals surface area contributed by atoms with Gasteiger partial charge in [-0.05, 0) is 49.4 Å². The van der Waals surface area contributed by atoms with E-state index < -0.39 is 0 Å². The minimum absolute atomic E-state index is 0.307. The van der Waals surface area contributed by atoms with Crippen LogP contribution in [0, 0.1) is 0 Å². The van der Waals surface area contributed by atoms with E-state index in [4.69, 9.17) is 15.2 Å². The largest absolute Gasteiger partial charge is 0.462 e. The molecule has 4 heteroatoms. The van der Waals surface area contributed by atoms with Gasteiger partial charge in [-0.15, -0.1) is 0 Å². The van der Waals surface area contributed by atoms with Crippen LogP contribution in [0.4, 0.5) is 5.69 Å². The molecule has 4 nitrogen and oxygen atoms in total. The number of rotatable bonds is 3. The molecular formula is C14H19NO3. The summed E-state index contributed by atoms with van der Waals surface area (Å²) in [6.07, 6.45) is 1.96. The van der Waals surface area contributed by atoms with Crippen molar-refractivity contribution in [2.24, 2.45) is 0 Å². The zero-order chi connectivity index (χ0) is 13.0. The van der Waals surface area contributed by atoms with Gasteiger partial charge in [0.15, 0.2) is 0 Å². The number of esters is 1. The van der Waals surface area contributed by atoms with Crippen LogP contribution in [-0.2, 0) is 9.47 Å². The van der Waals surface area contributed by atoms with Gasteiger partial charge in [0.1, 0.15) is 0 Å². The van der Waals surface area contributed by atoms with Gasteiger partial charge in [0.25, 0.3) is 0 Å². The quantitative estimate of drug-likeness (QED) is 0.659. The molecule has 1 aliphatic rings. The third kappa shape index (κ3) is 3.01. The number of hydrogen-bond donors (Lipinski definition) is 1. The second-order valence-corrected chi connectivity index (χ2v) is 4.50. The van der Waals surface area contributed by atoms with Crippen LogP contribution in [-0.4, -0.2) is 25.8 Å². The van der Waals surface area contributed by atoms with Crippen molar-refractivity contribution in [2.45, 2.75) is 25.7 Å². The molecule has 0 atom stereocenters. The SMILES string of the molecule is CCOC(=O)c1cc(N)cc(C2CCOCC2)c1. The van der Waals surface area contributed by atoms with Gasteiger partial charge in [-0.3, -0.25) is 0 Å². The molecule has 1 aromatic carbocycles. The fraction of sp³-hybridized carbons (Fsp3) is 0.500. The van der Waals surface area contributed by atoms with E-state index in [0.29, 0.717) is 23.8 Å². The first-order valence-corrected chi connectivity index (χ1v) is 6.36. The summed E-state index contributed by atoms with van der Waals surface area (Å²) in [7, 11) is 0. The smallest absolute Gasteiger partial charge is 0.338 e. The molecule has 0 amide bonds. The molecule has 98 valence electrons. The molecule has 2 N–H and O–H groups in total. The third-order valence-electron chi connectivity index (χ3n) is 3.18. The van der Waals surface area contributed by atoms with Crippen LogP contribution < -0.4 is 5.73 Å². The summed E-state index contributed by atoms with van der Waals surface area (Å²) in [6.45, 7) is 3.71. The van der Waals surface area contributed by atoms with E-state index >= 15 is 0 Å². The van der Waals surface area contributed by atoms with Crippen molar-refractivity contribution in [3.8, 4) is 0 Å². The number of carbonyl (C=O) groups is 1. The Labute approximate surface area is 107 Å². The Balaban J connectivity index is 2.22. The minimum atomic E-state index is -0.307. The van der Waals surface area contributed by atoms with Crippen LogP contribution in [0.2, 0.25) is 0 Å². The summed E-state index contributed by atoms with van der Waals surface area (Å²) in [6, 6.07) is 5.50. The number of nitrogen functional groups attached to an aromatic ring is 1. The van der Waals surface area contributed by atoms with Gasteiger partial charge in [0.05, 0.1) is 12.2 Å². The van der Waals surface area contributed by atoms with E-state index in [9.17, 15) is 4.79 Å². The Kier molecular flexibility index (Phi) is 4.20. The zero-order valence-electron chi connectivity index (χ0n) is 10.6. The Morgan fingerprint density at radius 2 is 2.11 bits per heavy atom. The van der Waals surface area contributed by atoms with Gasteiger partial charge in [-0.1, -0.05) is 0 Å². The maximum Gasteiger partial charge on any atom is 0.338 e. The zero-order valence-corrected chi connectivity index (χ0v) is 10.6. The standard InChI is InChI=1S/C14H19NO3/c1-2-18-14(16)12-7-11(8-13(15)9-12)10-3-5-17-6-4-10/h7-10H,2-6,15H2,1H3. The first-order valence-electron chi connectivity index (χ1n) is 6.36. The molecule has 0 aromatic heterocycles. The Morgan fingerprint density at radius 3 is 2.78 bits per heavy atom. The highest BCUT2D eigenvalue weighted by Crippen LogP contribution is 2.29. The topological polar surface area (TPSA) is 61.5 Å². The predicted octanol–water partition coefficient (Wildman–Crippen LogP) is 2.34. The Hall–Kier alpha value is -1.55. The average molecular weight is 249 g/mol. The molecule has 0 aliphatic carbocycles. The van der Waals surface area contributed by atoms with Crippen molar-refractivity contribution in [2.75, 3.05) is 25.6 Å². The van der Waals surface area contributed by atoms with E-state index in [1.807, 2.05) is 12.1 Å². The predicted molar refractivity (Wildman–Crippen MR) is 69.6 cm³/mol. The molecule has 0 radical (unpaired) electrons. The lowest BCUT2D eigenvalue weighted by Crippen LogP contribution is -2.15. The normalized spacial score (nSPS) is 16.5. The van der Waals surface area contributed by atoms with E-state index in [1.54, 1.807) is 13.0 Å². The summed E-state index contributed by atoms with van der Waals surface area (Å²) >= 11 is 0. The van der Waals surface area contributed by atoms with E-state index in [-0.39, 0.29) is 5.97 Å². The molecule has 1 aromatic rings. The van der Waals surface area contributed by atoms with Crippen molar-refractivity contribution < 1.29 is 14.3 Å². The lowest BCUT2D eigenvalue weighted by atomic mass is 9.90. The molecular weight excluding hydrogens is 230 g/mol. The molecule has 0 spiro atoms. The van der Waals surface area contributed by atoms with Crippen LogP contribution in [0.25, 0.3) is 0 Å². The second kappa shape index (κ2) is 5.87. The van der Waals surface area contributed by atoms with Crippen molar-refractivity contribution in [3.63, 3.8) is 0 Å². The summed E-state index contributed by atoms with van der Waals surface area (Å²) in [5, 5.41) is 0. The highest BCUT2D eigenvalue weighted by molar-refractivity contribution is 5.90. The second-order valence-electron chi connectivity index (χ2n) is 4.50. The van der Waals surface area contributed by atoms with Crippen molar-refractivity contribution >= 4 is 11.7 Å². The van der Waals surface area contributed by atoms with Crippen molar-refractivity contribution in [1.82, 2.24) is 0 Å². The summed E-state index contributed by atoms with van der Waals surface area (Å²) in [5.74, 6) is 0.119. The van der Waals surface area contributed by atoms with Crippen molar-refractivity contribution in [1.29, 1.82) is 0 Å². The lowest BCUT2D eigenvalue weighted by Gasteiger charge is -2.23. The molecule has 1 fully saturated rings. The maximum absolute atomic E-state index is 11.7. The minimum Gasteiger partial charge on any atom is -0.462 e. The molecule has 18 heavy (non-hydrogen) atoms. The van der Waals surface area contributed by atoms with Gasteiger partial charge >= 0.3 is 5.97 Å². The average Bonchev–Trinajstić information content (AvgIpc) is 2.39. The molecule has 1 saturated heterocycles. The van der Waals surface area contributed by atoms with Crippen LogP contribution in [0.3, 0.4) is 0 Å². The van der Waals surface area contributed by atoms with E-state index in [0.717, 1.165) is 31.6 Å². The monoisotopic (exact) mass is 249 g/mol. The fourth-order valence-corrected chi connectivity index (χ4v) is 2.28. The summed E-state index contributed by atoms with van der Waals surface area (Å²) in [5.41, 5.74) is 8.13. The summed E-state index contributed by atoms with van der Waals surface area (Å²) < 4.78 is 10.4. The van der Waals surface area contributed by atoms with Crippen LogP contribution in [0.5, 0.6) is 0 Å². The van der Waals surface area contributed by atoms with Gasteiger partial charge in [0.2, 0.25) is 0 Å². The first kappa shape index (κ1) is 12.9. The maximum atomic E-state index is 11.7. The number of ether oxygens (including phenoxy) is 2. The van der Waals surface area contributed by atoms with Crippen LogP contribution in [0.1, 0.15) is 41.6 Å². The van der Waals surface area contributed by atoms with Gasteiger partial charge in [-0.2, -0.15) is 0 Å². The highest BCUT2D eigenvalue weighted by atomic mass is 16.5. The van der Waals surface area contributed by atoms with Crippen LogP contribution >= 0.6 is 0 Å². The number of benzene rings is 1.